The number of hydrogen-bond acceptors (Lipinski definition) is 5. The molecule has 6 heteroatoms. The van der Waals surface area contributed by atoms with Crippen LogP contribution in [0, 0.1) is 17.8 Å². The first-order valence-electron chi connectivity index (χ1n) is 13.7. The van der Waals surface area contributed by atoms with E-state index in [0.717, 1.165) is 43.2 Å². The zero-order chi connectivity index (χ0) is 25.9. The monoisotopic (exact) mass is 503 g/mol. The van der Waals surface area contributed by atoms with Crippen LogP contribution in [0.25, 0.3) is 11.6 Å². The fraction of sp³-hybridized carbons (Fsp3) is 0.484. The van der Waals surface area contributed by atoms with E-state index in [1.54, 1.807) is 6.07 Å². The van der Waals surface area contributed by atoms with Crippen molar-refractivity contribution < 1.29 is 23.8 Å². The van der Waals surface area contributed by atoms with Gasteiger partial charge in [0.05, 0.1) is 24.5 Å². The molecule has 3 aliphatic rings. The van der Waals surface area contributed by atoms with Crippen LogP contribution in [0.4, 0.5) is 0 Å². The highest BCUT2D eigenvalue weighted by Gasteiger charge is 2.56. The van der Waals surface area contributed by atoms with E-state index < -0.39 is 0 Å². The minimum atomic E-state index is -0.274. The highest BCUT2D eigenvalue weighted by atomic mass is 16.5. The number of rotatable bonds is 10. The molecule has 0 bridgehead atoms. The van der Waals surface area contributed by atoms with E-state index in [4.69, 9.17) is 9.15 Å². The Kier molecular flexibility index (Phi) is 7.77. The van der Waals surface area contributed by atoms with E-state index in [9.17, 15) is 14.7 Å². The summed E-state index contributed by atoms with van der Waals surface area (Å²) in [5.74, 6) is 0.777. The molecule has 5 rings (SSSR count). The number of furan rings is 1. The molecule has 2 amide bonds. The highest BCUT2D eigenvalue weighted by molar-refractivity contribution is 6.06. The molecule has 2 saturated heterocycles. The van der Waals surface area contributed by atoms with Gasteiger partial charge in [-0.1, -0.05) is 56.2 Å². The zero-order valence-corrected chi connectivity index (χ0v) is 21.8. The number of hydrogen-bond donors (Lipinski definition) is 1. The maximum atomic E-state index is 13.3. The lowest BCUT2D eigenvalue weighted by Gasteiger charge is -2.32. The van der Waals surface area contributed by atoms with Gasteiger partial charge in [-0.25, -0.2) is 0 Å². The first-order chi connectivity index (χ1) is 18.0. The fourth-order valence-corrected chi connectivity index (χ4v) is 6.49. The number of benzene rings is 1. The molecule has 1 aromatic heterocycles. The Bertz CT molecular complexity index is 1190. The van der Waals surface area contributed by atoms with Crippen LogP contribution in [0.5, 0.6) is 0 Å². The Morgan fingerprint density at radius 1 is 1.05 bits per heavy atom. The summed E-state index contributed by atoms with van der Waals surface area (Å²) in [4.78, 5) is 28.0. The number of nitrogens with zero attached hydrogens (tertiary/aromatic N) is 1. The molecule has 2 aliphatic heterocycles. The van der Waals surface area contributed by atoms with Crippen LogP contribution in [-0.4, -0.2) is 41.1 Å². The topological polar surface area (TPSA) is 80.0 Å². The molecular formula is C31H37NO5. The normalized spacial score (nSPS) is 25.7. The van der Waals surface area contributed by atoms with Crippen LogP contribution in [-0.2, 0) is 20.9 Å². The van der Waals surface area contributed by atoms with E-state index in [2.05, 4.69) is 19.1 Å². The molecule has 0 spiro atoms. The van der Waals surface area contributed by atoms with Gasteiger partial charge in [0.15, 0.2) is 0 Å². The van der Waals surface area contributed by atoms with Crippen LogP contribution in [0.15, 0.2) is 58.0 Å². The summed E-state index contributed by atoms with van der Waals surface area (Å²) in [5, 5.41) is 9.39. The van der Waals surface area contributed by atoms with Crippen LogP contribution in [0.3, 0.4) is 0 Å². The molecule has 1 N–H and O–H groups in total. The molecule has 2 aromatic rings. The van der Waals surface area contributed by atoms with Crippen LogP contribution in [0.1, 0.15) is 69.5 Å². The van der Waals surface area contributed by atoms with Gasteiger partial charge >= 0.3 is 0 Å². The van der Waals surface area contributed by atoms with E-state index in [1.807, 2.05) is 37.3 Å². The second-order valence-corrected chi connectivity index (χ2v) is 10.4. The van der Waals surface area contributed by atoms with Gasteiger partial charge in [0.1, 0.15) is 18.1 Å². The van der Waals surface area contributed by atoms with Gasteiger partial charge in [-0.3, -0.25) is 14.5 Å². The van der Waals surface area contributed by atoms with Gasteiger partial charge in [0, 0.05) is 12.5 Å². The molecule has 37 heavy (non-hydrogen) atoms. The Balaban J connectivity index is 1.41. The third kappa shape index (κ3) is 4.97. The molecule has 1 aromatic carbocycles. The SMILES string of the molecule is CCCC1=C2[C@@H](CC/C(=C/c3ccc(CO)o3)c3ccccc3)OC[C@@H]2[C@@H]2C(=O)N(CCC)C(=O)[C@@H]2C1. The lowest BCUT2D eigenvalue weighted by molar-refractivity contribution is -0.140. The molecule has 1 aliphatic carbocycles. The number of ether oxygens (including phenoxy) is 1. The van der Waals surface area contributed by atoms with Crippen LogP contribution in [0.2, 0.25) is 0 Å². The van der Waals surface area contributed by atoms with Gasteiger partial charge in [-0.15, -0.1) is 0 Å². The summed E-state index contributed by atoms with van der Waals surface area (Å²) in [6.45, 7) is 5.07. The average molecular weight is 504 g/mol. The first kappa shape index (κ1) is 25.7. The largest absolute Gasteiger partial charge is 0.459 e. The quantitative estimate of drug-likeness (QED) is 0.336. The Morgan fingerprint density at radius 3 is 2.57 bits per heavy atom. The molecule has 0 unspecified atom stereocenters. The number of allylic oxidation sites excluding steroid dienone is 2. The van der Waals surface area contributed by atoms with Crippen molar-refractivity contribution in [1.82, 2.24) is 4.90 Å². The minimum absolute atomic E-state index is 0.00141. The van der Waals surface area contributed by atoms with Crippen molar-refractivity contribution in [2.24, 2.45) is 17.8 Å². The lowest BCUT2D eigenvalue weighted by Crippen LogP contribution is -2.34. The number of aliphatic hydroxyl groups excluding tert-OH is 1. The smallest absolute Gasteiger partial charge is 0.233 e. The predicted molar refractivity (Wildman–Crippen MR) is 142 cm³/mol. The standard InChI is InChI=1S/C31H37NO5/c1-3-8-22-17-25-29(31(35)32(15-4-2)30(25)34)26-19-36-27(28(22)26)14-11-21(20-9-6-5-7-10-20)16-23-12-13-24(18-33)37-23/h5-7,9-10,12-13,16,25-27,29,33H,3-4,8,11,14-15,17-19H2,1-2H3/b21-16-/t25-,26+,27-,29-/m1/s1. The Labute approximate surface area is 219 Å². The lowest BCUT2D eigenvalue weighted by atomic mass is 9.68. The Morgan fingerprint density at radius 2 is 1.86 bits per heavy atom. The molecule has 2 fully saturated rings. The predicted octanol–water partition coefficient (Wildman–Crippen LogP) is 5.62. The van der Waals surface area contributed by atoms with E-state index in [-0.39, 0.29) is 42.3 Å². The Hall–Kier alpha value is -2.96. The van der Waals surface area contributed by atoms with Gasteiger partial charge in [-0.05, 0) is 67.0 Å². The number of aliphatic hydroxyl groups is 1. The maximum Gasteiger partial charge on any atom is 0.233 e. The fourth-order valence-electron chi connectivity index (χ4n) is 6.49. The second-order valence-electron chi connectivity index (χ2n) is 10.4. The average Bonchev–Trinajstić information content (AvgIpc) is 3.61. The number of fused-ring (bicyclic) bond motifs is 3. The molecule has 6 nitrogen and oxygen atoms in total. The van der Waals surface area contributed by atoms with Gasteiger partial charge in [-0.2, -0.15) is 0 Å². The summed E-state index contributed by atoms with van der Waals surface area (Å²) in [6.07, 6.45) is 7.00. The van der Waals surface area contributed by atoms with E-state index >= 15 is 0 Å². The van der Waals surface area contributed by atoms with Crippen molar-refractivity contribution in [2.45, 2.75) is 65.1 Å². The van der Waals surface area contributed by atoms with Crippen molar-refractivity contribution in [2.75, 3.05) is 13.2 Å². The third-order valence-electron chi connectivity index (χ3n) is 8.07. The maximum absolute atomic E-state index is 13.3. The highest BCUT2D eigenvalue weighted by Crippen LogP contribution is 2.50. The third-order valence-corrected chi connectivity index (χ3v) is 8.07. The van der Waals surface area contributed by atoms with E-state index in [1.165, 1.54) is 16.0 Å². The minimum Gasteiger partial charge on any atom is -0.459 e. The summed E-state index contributed by atoms with van der Waals surface area (Å²) in [6, 6.07) is 13.9. The van der Waals surface area contributed by atoms with Crippen molar-refractivity contribution in [3.05, 3.63) is 70.7 Å². The molecule has 0 saturated carbocycles. The summed E-state index contributed by atoms with van der Waals surface area (Å²) >= 11 is 0. The van der Waals surface area contributed by atoms with Crippen molar-refractivity contribution >= 4 is 23.5 Å². The summed E-state index contributed by atoms with van der Waals surface area (Å²) in [5.41, 5.74) is 4.88. The van der Waals surface area contributed by atoms with Crippen LogP contribution >= 0.6 is 0 Å². The van der Waals surface area contributed by atoms with Crippen molar-refractivity contribution in [3.63, 3.8) is 0 Å². The van der Waals surface area contributed by atoms with Gasteiger partial charge < -0.3 is 14.3 Å². The molecule has 0 radical (unpaired) electrons. The molecule has 3 heterocycles. The van der Waals surface area contributed by atoms with E-state index in [0.29, 0.717) is 31.1 Å². The number of likely N-dealkylation sites (tertiary alicyclic amines) is 1. The number of amides is 2. The van der Waals surface area contributed by atoms with Crippen LogP contribution < -0.4 is 0 Å². The molecule has 4 atom stereocenters. The number of carbonyl (C=O) groups is 2. The summed E-state index contributed by atoms with van der Waals surface area (Å²) in [7, 11) is 0. The molecule has 196 valence electrons. The van der Waals surface area contributed by atoms with Gasteiger partial charge in [0.25, 0.3) is 0 Å². The summed E-state index contributed by atoms with van der Waals surface area (Å²) < 4.78 is 12.1. The number of imide groups is 1. The second kappa shape index (κ2) is 11.2. The first-order valence-corrected chi connectivity index (χ1v) is 13.7. The number of carbonyl (C=O) groups excluding carboxylic acids is 2. The molecular weight excluding hydrogens is 466 g/mol. The zero-order valence-electron chi connectivity index (χ0n) is 21.8. The van der Waals surface area contributed by atoms with Gasteiger partial charge in [0.2, 0.25) is 11.8 Å². The van der Waals surface area contributed by atoms with Crippen molar-refractivity contribution in [1.29, 1.82) is 0 Å². The van der Waals surface area contributed by atoms with Crippen molar-refractivity contribution in [3.8, 4) is 0 Å².